The molecule has 0 aliphatic heterocycles. The molecule has 6 nitrogen and oxygen atoms in total. The fraction of sp³-hybridized carbons (Fsp3) is 0.500. The largest absolute Gasteiger partial charge is 0.491 e. The van der Waals surface area contributed by atoms with Crippen LogP contribution in [-0.4, -0.2) is 45.3 Å². The number of nitrogens with one attached hydrogen (secondary N) is 1. The van der Waals surface area contributed by atoms with E-state index in [9.17, 15) is 9.90 Å². The van der Waals surface area contributed by atoms with Gasteiger partial charge in [0.15, 0.2) is 0 Å². The maximum absolute atomic E-state index is 12.9. The zero-order chi connectivity index (χ0) is 21.2. The zero-order valence-corrected chi connectivity index (χ0v) is 18.5. The molecule has 1 saturated carbocycles. The highest BCUT2D eigenvalue weighted by Crippen LogP contribution is 2.33. The highest BCUT2D eigenvalue weighted by Gasteiger charge is 2.31. The molecule has 1 unspecified atom stereocenters. The number of aromatic amines is 1. The van der Waals surface area contributed by atoms with Crippen LogP contribution < -0.4 is 10.3 Å². The van der Waals surface area contributed by atoms with Gasteiger partial charge < -0.3 is 14.8 Å². The summed E-state index contributed by atoms with van der Waals surface area (Å²) < 4.78 is 5.70. The topological polar surface area (TPSA) is 78.5 Å². The molecule has 7 heteroatoms. The number of aryl methyl sites for hydroxylation is 2. The van der Waals surface area contributed by atoms with Crippen molar-refractivity contribution in [1.82, 2.24) is 14.9 Å². The number of hydrogen-bond acceptors (Lipinski definition) is 6. The van der Waals surface area contributed by atoms with E-state index < -0.39 is 6.10 Å². The Morgan fingerprint density at radius 3 is 2.81 bits per heavy atom. The number of ether oxygens (including phenoxy) is 1. The summed E-state index contributed by atoms with van der Waals surface area (Å²) in [6.07, 6.45) is 7.26. The fourth-order valence-electron chi connectivity index (χ4n) is 4.47. The Morgan fingerprint density at radius 2 is 2.00 bits per heavy atom. The van der Waals surface area contributed by atoms with Gasteiger partial charge in [0.2, 0.25) is 0 Å². The van der Waals surface area contributed by atoms with Gasteiger partial charge in [-0.3, -0.25) is 9.69 Å². The molecule has 5 rings (SSSR count). The van der Waals surface area contributed by atoms with Gasteiger partial charge in [-0.25, -0.2) is 4.98 Å². The van der Waals surface area contributed by atoms with E-state index >= 15 is 0 Å². The molecule has 0 amide bonds. The Labute approximate surface area is 185 Å². The van der Waals surface area contributed by atoms with E-state index in [0.717, 1.165) is 48.1 Å². The van der Waals surface area contributed by atoms with Crippen molar-refractivity contribution in [2.45, 2.75) is 63.6 Å². The third kappa shape index (κ3) is 4.84. The van der Waals surface area contributed by atoms with Gasteiger partial charge in [0, 0.05) is 17.5 Å². The Morgan fingerprint density at radius 1 is 1.19 bits per heavy atom. The van der Waals surface area contributed by atoms with Gasteiger partial charge in [0.1, 0.15) is 29.1 Å². The minimum Gasteiger partial charge on any atom is -0.491 e. The molecular formula is C24H29N3O3S. The van der Waals surface area contributed by atoms with Gasteiger partial charge in [0.05, 0.1) is 11.9 Å². The second kappa shape index (κ2) is 9.10. The molecule has 2 aromatic heterocycles. The van der Waals surface area contributed by atoms with Gasteiger partial charge in [-0.15, -0.1) is 11.3 Å². The number of thiophene rings is 1. The molecule has 2 heterocycles. The van der Waals surface area contributed by atoms with E-state index in [4.69, 9.17) is 9.72 Å². The van der Waals surface area contributed by atoms with Crippen LogP contribution in [0.25, 0.3) is 10.2 Å². The van der Waals surface area contributed by atoms with Crippen molar-refractivity contribution in [2.75, 3.05) is 13.2 Å². The number of nitrogens with zero attached hydrogens (tertiary/aromatic N) is 2. The number of rotatable bonds is 8. The lowest BCUT2D eigenvalue weighted by Gasteiger charge is -2.24. The lowest BCUT2D eigenvalue weighted by molar-refractivity contribution is 0.0617. The number of H-pyrrole nitrogens is 1. The summed E-state index contributed by atoms with van der Waals surface area (Å²) in [7, 11) is 0. The Hall–Kier alpha value is -2.22. The molecule has 0 bridgehead atoms. The second-order valence-corrected chi connectivity index (χ2v) is 9.78. The minimum absolute atomic E-state index is 0.0110. The summed E-state index contributed by atoms with van der Waals surface area (Å²) in [5, 5.41) is 11.3. The van der Waals surface area contributed by atoms with E-state index in [2.05, 4.69) is 9.88 Å². The molecule has 1 atom stereocenters. The first-order valence-corrected chi connectivity index (χ1v) is 12.1. The average molecular weight is 440 g/mol. The lowest BCUT2D eigenvalue weighted by Crippen LogP contribution is -2.37. The third-order valence-corrected chi connectivity index (χ3v) is 7.36. The van der Waals surface area contributed by atoms with Crippen LogP contribution in [0.4, 0.5) is 0 Å². The highest BCUT2D eigenvalue weighted by molar-refractivity contribution is 7.18. The number of hydrogen-bond donors (Lipinski definition) is 2. The lowest BCUT2D eigenvalue weighted by atomic mass is 10.1. The van der Waals surface area contributed by atoms with Crippen molar-refractivity contribution in [3.05, 3.63) is 57.0 Å². The molecule has 2 aliphatic carbocycles. The van der Waals surface area contributed by atoms with Crippen LogP contribution in [0.15, 0.2) is 35.1 Å². The maximum atomic E-state index is 12.9. The van der Waals surface area contributed by atoms with Crippen LogP contribution in [0.3, 0.4) is 0 Å². The Bertz CT molecular complexity index is 1090. The van der Waals surface area contributed by atoms with Crippen molar-refractivity contribution >= 4 is 21.6 Å². The third-order valence-electron chi connectivity index (χ3n) is 6.17. The molecule has 1 fully saturated rings. The average Bonchev–Trinajstić information content (AvgIpc) is 3.58. The van der Waals surface area contributed by atoms with Crippen LogP contribution in [-0.2, 0) is 19.4 Å². The van der Waals surface area contributed by atoms with Gasteiger partial charge in [-0.2, -0.15) is 0 Å². The van der Waals surface area contributed by atoms with E-state index in [1.807, 2.05) is 30.3 Å². The minimum atomic E-state index is -0.603. The van der Waals surface area contributed by atoms with Crippen molar-refractivity contribution in [2.24, 2.45) is 0 Å². The number of fused-ring (bicyclic) bond motifs is 3. The number of aromatic nitrogens is 2. The van der Waals surface area contributed by atoms with Crippen LogP contribution in [0.5, 0.6) is 5.75 Å². The van der Waals surface area contributed by atoms with Gasteiger partial charge in [-0.05, 0) is 56.2 Å². The first kappa shape index (κ1) is 20.7. The summed E-state index contributed by atoms with van der Waals surface area (Å²) in [4.78, 5) is 25.2. The molecule has 1 aromatic carbocycles. The highest BCUT2D eigenvalue weighted by atomic mass is 32.1. The number of benzene rings is 1. The van der Waals surface area contributed by atoms with E-state index in [0.29, 0.717) is 25.0 Å². The molecule has 164 valence electrons. The number of para-hydroxylation sites is 1. The van der Waals surface area contributed by atoms with Gasteiger partial charge in [0.25, 0.3) is 5.56 Å². The first-order chi connectivity index (χ1) is 15.2. The molecule has 0 spiro atoms. The molecule has 0 radical (unpaired) electrons. The predicted octanol–water partition coefficient (Wildman–Crippen LogP) is 3.66. The van der Waals surface area contributed by atoms with E-state index in [-0.39, 0.29) is 12.2 Å². The normalized spacial score (nSPS) is 17.5. The molecule has 2 N–H and O–H groups in total. The Balaban J connectivity index is 1.29. The first-order valence-electron chi connectivity index (χ1n) is 11.3. The monoisotopic (exact) mass is 439 g/mol. The van der Waals surface area contributed by atoms with E-state index in [1.165, 1.54) is 23.3 Å². The summed E-state index contributed by atoms with van der Waals surface area (Å²) >= 11 is 1.69. The molecular weight excluding hydrogens is 410 g/mol. The summed E-state index contributed by atoms with van der Waals surface area (Å²) in [6.45, 7) is 1.29. The quantitative estimate of drug-likeness (QED) is 0.524. The van der Waals surface area contributed by atoms with Crippen molar-refractivity contribution < 1.29 is 9.84 Å². The fourth-order valence-corrected chi connectivity index (χ4v) is 5.75. The van der Waals surface area contributed by atoms with Crippen molar-refractivity contribution in [3.8, 4) is 5.75 Å². The smallest absolute Gasteiger partial charge is 0.259 e. The Kier molecular flexibility index (Phi) is 6.07. The summed E-state index contributed by atoms with van der Waals surface area (Å²) in [5.41, 5.74) is 1.22. The van der Waals surface area contributed by atoms with Gasteiger partial charge >= 0.3 is 0 Å². The molecule has 0 saturated heterocycles. The molecule has 3 aromatic rings. The van der Waals surface area contributed by atoms with Gasteiger partial charge in [-0.1, -0.05) is 24.6 Å². The van der Waals surface area contributed by atoms with E-state index in [1.54, 1.807) is 11.3 Å². The maximum Gasteiger partial charge on any atom is 0.259 e. The van der Waals surface area contributed by atoms with Crippen LogP contribution in [0.1, 0.15) is 48.4 Å². The standard InChI is InChI=1S/C24H29N3O3S/c28-17(15-30-18-7-3-1-4-8-18)13-27(16-11-12-16)14-21-25-23(29)22-19-9-5-2-6-10-20(19)31-24(22)26-21/h1,3-4,7-8,16-17,28H,2,5-6,9-15H2,(H,25,26,29). The predicted molar refractivity (Wildman–Crippen MR) is 123 cm³/mol. The number of aliphatic hydroxyl groups is 1. The zero-order valence-electron chi connectivity index (χ0n) is 17.7. The molecule has 2 aliphatic rings. The number of aliphatic hydroxyl groups excluding tert-OH is 1. The summed E-state index contributed by atoms with van der Waals surface area (Å²) in [6, 6.07) is 9.98. The second-order valence-electron chi connectivity index (χ2n) is 8.70. The SMILES string of the molecule is O=c1[nH]c(CN(CC(O)COc2ccccc2)C2CC2)nc2sc3c(c12)CCCCC3. The summed E-state index contributed by atoms with van der Waals surface area (Å²) in [5.74, 6) is 1.45. The van der Waals surface area contributed by atoms with Crippen LogP contribution in [0, 0.1) is 0 Å². The molecule has 31 heavy (non-hydrogen) atoms. The van der Waals surface area contributed by atoms with Crippen LogP contribution >= 0.6 is 11.3 Å². The van der Waals surface area contributed by atoms with Crippen molar-refractivity contribution in [3.63, 3.8) is 0 Å². The van der Waals surface area contributed by atoms with Crippen LogP contribution in [0.2, 0.25) is 0 Å². The van der Waals surface area contributed by atoms with Crippen molar-refractivity contribution in [1.29, 1.82) is 0 Å².